The van der Waals surface area contributed by atoms with Gasteiger partial charge in [0.25, 0.3) is 0 Å². The Bertz CT molecular complexity index is 157. The third-order valence-electron chi connectivity index (χ3n) is 1.10. The average molecular weight is 181 g/mol. The summed E-state index contributed by atoms with van der Waals surface area (Å²) in [6.07, 6.45) is 0.139. The van der Waals surface area contributed by atoms with Crippen molar-refractivity contribution in [2.45, 2.75) is 18.2 Å². The van der Waals surface area contributed by atoms with Crippen LogP contribution in [0.3, 0.4) is 0 Å². The molecule has 1 N–H and O–H groups in total. The fourth-order valence-electron chi connectivity index (χ4n) is 0.470. The smallest absolute Gasteiger partial charge is 0.321 e. The van der Waals surface area contributed by atoms with E-state index in [2.05, 4.69) is 4.74 Å². The highest BCUT2D eigenvalue weighted by Crippen LogP contribution is 2.05. The summed E-state index contributed by atoms with van der Waals surface area (Å²) >= 11 is 5.31. The number of esters is 1. The molecule has 0 aromatic heterocycles. The average Bonchev–Trinajstić information content (AvgIpc) is 1.99. The van der Waals surface area contributed by atoms with Crippen LogP contribution in [0.2, 0.25) is 0 Å². The normalized spacial score (nSPS) is 12.2. The van der Waals surface area contributed by atoms with Crippen LogP contribution in [-0.2, 0) is 14.3 Å². The first-order chi connectivity index (χ1) is 5.07. The monoisotopic (exact) mass is 180 g/mol. The van der Waals surface area contributed by atoms with Gasteiger partial charge in [-0.2, -0.15) is 0 Å². The van der Waals surface area contributed by atoms with E-state index in [4.69, 9.17) is 16.7 Å². The Labute approximate surface area is 69.1 Å². The molecule has 0 aromatic rings. The lowest BCUT2D eigenvalue weighted by molar-refractivity contribution is -0.141. The molecule has 0 heterocycles. The van der Waals surface area contributed by atoms with Gasteiger partial charge in [-0.1, -0.05) is 0 Å². The molecule has 0 bridgehead atoms. The summed E-state index contributed by atoms with van der Waals surface area (Å²) in [6, 6.07) is 0. The molecule has 0 aliphatic rings. The van der Waals surface area contributed by atoms with Crippen LogP contribution in [0, 0.1) is 0 Å². The summed E-state index contributed by atoms with van der Waals surface area (Å²) in [5.41, 5.74) is 0. The number of carbonyl (C=O) groups is 2. The summed E-state index contributed by atoms with van der Waals surface area (Å²) < 4.78 is 4.29. The number of ether oxygens (including phenoxy) is 1. The van der Waals surface area contributed by atoms with Gasteiger partial charge < -0.3 is 9.84 Å². The molecule has 0 unspecified atom stereocenters. The van der Waals surface area contributed by atoms with Gasteiger partial charge in [-0.25, -0.2) is 0 Å². The number of methoxy groups -OCH3 is 1. The minimum absolute atomic E-state index is 0.0387. The largest absolute Gasteiger partial charge is 0.480 e. The van der Waals surface area contributed by atoms with E-state index < -0.39 is 17.3 Å². The molecule has 0 saturated carbocycles. The van der Waals surface area contributed by atoms with Crippen LogP contribution in [0.4, 0.5) is 0 Å². The lowest BCUT2D eigenvalue weighted by Gasteiger charge is -2.01. The molecule has 0 aromatic carbocycles. The van der Waals surface area contributed by atoms with Crippen molar-refractivity contribution in [3.05, 3.63) is 0 Å². The molecule has 64 valence electrons. The van der Waals surface area contributed by atoms with E-state index in [-0.39, 0.29) is 12.8 Å². The minimum atomic E-state index is -1.12. The van der Waals surface area contributed by atoms with Crippen LogP contribution in [0.1, 0.15) is 12.8 Å². The second-order valence-corrected chi connectivity index (χ2v) is 2.45. The fraction of sp³-hybridized carbons (Fsp3) is 0.667. The molecule has 0 fully saturated rings. The van der Waals surface area contributed by atoms with Crippen molar-refractivity contribution in [2.75, 3.05) is 7.11 Å². The van der Waals surface area contributed by atoms with Crippen LogP contribution in [-0.4, -0.2) is 29.5 Å². The molecule has 0 spiro atoms. The number of aliphatic carboxylic acids is 1. The molecular weight excluding hydrogens is 172 g/mol. The second-order valence-electron chi connectivity index (χ2n) is 1.92. The lowest BCUT2D eigenvalue weighted by Crippen LogP contribution is -2.15. The van der Waals surface area contributed by atoms with Crippen molar-refractivity contribution < 1.29 is 19.4 Å². The van der Waals surface area contributed by atoms with Crippen LogP contribution in [0.15, 0.2) is 0 Å². The Balaban J connectivity index is 3.54. The maximum absolute atomic E-state index is 10.5. The van der Waals surface area contributed by atoms with Gasteiger partial charge in [-0.3, -0.25) is 9.59 Å². The number of carboxylic acids is 1. The highest BCUT2D eigenvalue weighted by atomic mass is 35.5. The Morgan fingerprint density at radius 1 is 1.64 bits per heavy atom. The maximum Gasteiger partial charge on any atom is 0.321 e. The number of halogens is 1. The first-order valence-electron chi connectivity index (χ1n) is 3.01. The summed E-state index contributed by atoms with van der Waals surface area (Å²) in [7, 11) is 1.24. The van der Waals surface area contributed by atoms with Gasteiger partial charge >= 0.3 is 11.9 Å². The Morgan fingerprint density at radius 3 is 2.55 bits per heavy atom. The van der Waals surface area contributed by atoms with Gasteiger partial charge in [0.2, 0.25) is 0 Å². The molecule has 5 heteroatoms. The molecule has 0 radical (unpaired) electrons. The van der Waals surface area contributed by atoms with E-state index in [0.29, 0.717) is 0 Å². The quantitative estimate of drug-likeness (QED) is 0.509. The van der Waals surface area contributed by atoms with Crippen LogP contribution in [0.25, 0.3) is 0 Å². The van der Waals surface area contributed by atoms with Crippen molar-refractivity contribution in [3.63, 3.8) is 0 Å². The zero-order chi connectivity index (χ0) is 8.85. The molecular formula is C6H9ClO4. The SMILES string of the molecule is COC(=O)CC[C@H](Cl)C(=O)O. The molecule has 0 aliphatic heterocycles. The number of carbonyl (C=O) groups excluding carboxylic acids is 1. The topological polar surface area (TPSA) is 63.6 Å². The van der Waals surface area contributed by atoms with Gasteiger partial charge in [-0.15, -0.1) is 11.6 Å². The van der Waals surface area contributed by atoms with Gasteiger partial charge in [0.15, 0.2) is 0 Å². The van der Waals surface area contributed by atoms with E-state index in [0.717, 1.165) is 0 Å². The first kappa shape index (κ1) is 10.2. The van der Waals surface area contributed by atoms with Crippen molar-refractivity contribution in [3.8, 4) is 0 Å². The third-order valence-corrected chi connectivity index (χ3v) is 1.50. The third kappa shape index (κ3) is 4.61. The fourth-order valence-corrected chi connectivity index (χ4v) is 0.579. The second kappa shape index (κ2) is 4.96. The molecule has 4 nitrogen and oxygen atoms in total. The predicted octanol–water partition coefficient (Wildman–Crippen LogP) is 0.632. The standard InChI is InChI=1S/C6H9ClO4/c1-11-5(8)3-2-4(7)6(9)10/h4H,2-3H2,1H3,(H,9,10)/t4-/m0/s1. The van der Waals surface area contributed by atoms with Crippen molar-refractivity contribution in [1.29, 1.82) is 0 Å². The van der Waals surface area contributed by atoms with E-state index in [1.54, 1.807) is 0 Å². The number of alkyl halides is 1. The van der Waals surface area contributed by atoms with Crippen molar-refractivity contribution in [1.82, 2.24) is 0 Å². The van der Waals surface area contributed by atoms with E-state index in [1.165, 1.54) is 7.11 Å². The van der Waals surface area contributed by atoms with Crippen LogP contribution < -0.4 is 0 Å². The predicted molar refractivity (Wildman–Crippen MR) is 38.5 cm³/mol. The highest BCUT2D eigenvalue weighted by Gasteiger charge is 2.14. The Kier molecular flexibility index (Phi) is 4.61. The first-order valence-corrected chi connectivity index (χ1v) is 3.45. The molecule has 0 amide bonds. The Hall–Kier alpha value is -0.770. The van der Waals surface area contributed by atoms with Crippen LogP contribution >= 0.6 is 11.6 Å². The zero-order valence-electron chi connectivity index (χ0n) is 6.04. The van der Waals surface area contributed by atoms with E-state index in [9.17, 15) is 9.59 Å². The van der Waals surface area contributed by atoms with Crippen molar-refractivity contribution in [2.24, 2.45) is 0 Å². The minimum Gasteiger partial charge on any atom is -0.480 e. The summed E-state index contributed by atoms with van der Waals surface area (Å²) in [5.74, 6) is -1.56. The highest BCUT2D eigenvalue weighted by molar-refractivity contribution is 6.29. The van der Waals surface area contributed by atoms with Gasteiger partial charge in [0.1, 0.15) is 5.38 Å². The van der Waals surface area contributed by atoms with Gasteiger partial charge in [0.05, 0.1) is 7.11 Å². The Morgan fingerprint density at radius 2 is 2.18 bits per heavy atom. The molecule has 1 atom stereocenters. The maximum atomic E-state index is 10.5. The van der Waals surface area contributed by atoms with Crippen LogP contribution in [0.5, 0.6) is 0 Å². The molecule has 11 heavy (non-hydrogen) atoms. The van der Waals surface area contributed by atoms with Gasteiger partial charge in [-0.05, 0) is 6.42 Å². The number of hydrogen-bond acceptors (Lipinski definition) is 3. The summed E-state index contributed by atoms with van der Waals surface area (Å²) in [5, 5.41) is 7.28. The van der Waals surface area contributed by atoms with E-state index >= 15 is 0 Å². The molecule has 0 rings (SSSR count). The number of hydrogen-bond donors (Lipinski definition) is 1. The number of carboxylic acid groups (broad SMARTS) is 1. The summed E-state index contributed by atoms with van der Waals surface area (Å²) in [6.45, 7) is 0. The van der Waals surface area contributed by atoms with E-state index in [1.807, 2.05) is 0 Å². The van der Waals surface area contributed by atoms with Gasteiger partial charge in [0, 0.05) is 6.42 Å². The zero-order valence-corrected chi connectivity index (χ0v) is 6.80. The molecule has 0 saturated heterocycles. The number of rotatable bonds is 4. The summed E-state index contributed by atoms with van der Waals surface area (Å²) in [4.78, 5) is 20.6. The van der Waals surface area contributed by atoms with Crippen molar-refractivity contribution >= 4 is 23.5 Å². The lowest BCUT2D eigenvalue weighted by atomic mass is 10.2. The molecule has 0 aliphatic carbocycles.